The molecule has 10 heteroatoms. The number of thiophene rings is 1. The molecule has 1 N–H and O–H groups in total. The third-order valence-electron chi connectivity index (χ3n) is 4.70. The van der Waals surface area contributed by atoms with Gasteiger partial charge in [0.1, 0.15) is 12.4 Å². The molecule has 0 radical (unpaired) electrons. The molecule has 0 bridgehead atoms. The number of thioether (sulfide) groups is 1. The fourth-order valence-corrected chi connectivity index (χ4v) is 4.99. The van der Waals surface area contributed by atoms with Crippen LogP contribution in [0.5, 0.6) is 0 Å². The van der Waals surface area contributed by atoms with Gasteiger partial charge >= 0.3 is 6.18 Å². The molecule has 0 aliphatic heterocycles. The molecule has 1 aliphatic carbocycles. The number of carbonyl (C=O) groups excluding carboxylic acids is 1. The molecule has 1 amide bonds. The van der Waals surface area contributed by atoms with Gasteiger partial charge in [-0.2, -0.15) is 13.2 Å². The molecule has 2 aromatic heterocycles. The first-order valence-corrected chi connectivity index (χ1v) is 11.1. The summed E-state index contributed by atoms with van der Waals surface area (Å²) >= 11 is 2.82. The Hall–Kier alpha value is -1.55. The van der Waals surface area contributed by atoms with E-state index in [0.717, 1.165) is 31.5 Å². The maximum absolute atomic E-state index is 12.3. The average molecular weight is 433 g/mol. The minimum absolute atomic E-state index is 0.270. The Morgan fingerprint density at radius 2 is 2.11 bits per heavy atom. The van der Waals surface area contributed by atoms with E-state index in [1.54, 1.807) is 18.3 Å². The first-order valence-electron chi connectivity index (χ1n) is 9.31. The van der Waals surface area contributed by atoms with Crippen molar-refractivity contribution in [1.29, 1.82) is 0 Å². The lowest BCUT2D eigenvalue weighted by Crippen LogP contribution is -2.38. The lowest BCUT2D eigenvalue weighted by atomic mass is 9.95. The van der Waals surface area contributed by atoms with E-state index >= 15 is 0 Å². The first kappa shape index (κ1) is 21.2. The van der Waals surface area contributed by atoms with Crippen molar-refractivity contribution >= 4 is 29.0 Å². The SMILES string of the molecule is CC(Sc1nnc(Cc2cccs2)n1C1CCCCC1)C(=O)NCC(F)(F)F. The van der Waals surface area contributed by atoms with E-state index in [-0.39, 0.29) is 6.04 Å². The molecular weight excluding hydrogens is 409 g/mol. The largest absolute Gasteiger partial charge is 0.405 e. The molecule has 0 spiro atoms. The third kappa shape index (κ3) is 5.73. The Labute approximate surface area is 170 Å². The Bertz CT molecular complexity index is 770. The standard InChI is InChI=1S/C18H23F3N4OS2/c1-12(16(26)22-11-18(19,20)21)28-17-24-23-15(10-14-8-5-9-27-14)25(17)13-6-3-2-4-7-13/h5,8-9,12-13H,2-4,6-7,10-11H2,1H3,(H,22,26). The molecule has 2 aromatic rings. The average Bonchev–Trinajstić information content (AvgIpc) is 3.30. The fourth-order valence-electron chi connectivity index (χ4n) is 3.33. The number of hydrogen-bond acceptors (Lipinski definition) is 5. The minimum Gasteiger partial charge on any atom is -0.346 e. The predicted molar refractivity (Wildman–Crippen MR) is 104 cm³/mol. The Balaban J connectivity index is 1.75. The Morgan fingerprint density at radius 3 is 2.75 bits per heavy atom. The highest BCUT2D eigenvalue weighted by Gasteiger charge is 2.30. The highest BCUT2D eigenvalue weighted by atomic mass is 32.2. The van der Waals surface area contributed by atoms with E-state index in [9.17, 15) is 18.0 Å². The molecule has 154 valence electrons. The van der Waals surface area contributed by atoms with Crippen LogP contribution in [0, 0.1) is 0 Å². The van der Waals surface area contributed by atoms with Crippen molar-refractivity contribution in [2.75, 3.05) is 6.54 Å². The molecule has 28 heavy (non-hydrogen) atoms. The van der Waals surface area contributed by atoms with Gasteiger partial charge < -0.3 is 9.88 Å². The molecule has 1 fully saturated rings. The van der Waals surface area contributed by atoms with Crippen molar-refractivity contribution in [3.63, 3.8) is 0 Å². The Morgan fingerprint density at radius 1 is 1.36 bits per heavy atom. The van der Waals surface area contributed by atoms with Gasteiger partial charge in [-0.05, 0) is 31.2 Å². The van der Waals surface area contributed by atoms with Crippen LogP contribution in [0.25, 0.3) is 0 Å². The second kappa shape index (κ2) is 9.30. The van der Waals surface area contributed by atoms with Crippen molar-refractivity contribution in [3.05, 3.63) is 28.2 Å². The van der Waals surface area contributed by atoms with Crippen LogP contribution in [-0.4, -0.2) is 38.6 Å². The van der Waals surface area contributed by atoms with Gasteiger partial charge in [0.25, 0.3) is 0 Å². The number of amides is 1. The number of rotatable bonds is 7. The lowest BCUT2D eigenvalue weighted by Gasteiger charge is -2.26. The normalized spacial score (nSPS) is 16.9. The van der Waals surface area contributed by atoms with Crippen molar-refractivity contribution in [3.8, 4) is 0 Å². The van der Waals surface area contributed by atoms with Crippen molar-refractivity contribution in [2.45, 2.75) is 68.1 Å². The smallest absolute Gasteiger partial charge is 0.346 e. The first-order chi connectivity index (χ1) is 13.3. The summed E-state index contributed by atoms with van der Waals surface area (Å²) in [5, 5.41) is 12.5. The molecule has 1 saturated carbocycles. The van der Waals surface area contributed by atoms with Gasteiger partial charge in [-0.1, -0.05) is 37.1 Å². The topological polar surface area (TPSA) is 59.8 Å². The van der Waals surface area contributed by atoms with Crippen molar-refractivity contribution < 1.29 is 18.0 Å². The maximum Gasteiger partial charge on any atom is 0.405 e. The van der Waals surface area contributed by atoms with Crippen molar-refractivity contribution in [2.24, 2.45) is 0 Å². The molecule has 3 rings (SSSR count). The summed E-state index contributed by atoms with van der Waals surface area (Å²) in [6.07, 6.45) is 1.76. The van der Waals surface area contributed by atoms with Gasteiger partial charge in [-0.25, -0.2) is 0 Å². The molecule has 2 heterocycles. The predicted octanol–water partition coefficient (Wildman–Crippen LogP) is 4.59. The summed E-state index contributed by atoms with van der Waals surface area (Å²) in [5.74, 6) is 0.195. The highest BCUT2D eigenvalue weighted by Crippen LogP contribution is 2.34. The van der Waals surface area contributed by atoms with Gasteiger partial charge in [0.2, 0.25) is 5.91 Å². The number of halogens is 3. The zero-order valence-corrected chi connectivity index (χ0v) is 17.2. The van der Waals surface area contributed by atoms with Crippen LogP contribution in [0.4, 0.5) is 13.2 Å². The number of carbonyl (C=O) groups is 1. The van der Waals surface area contributed by atoms with Gasteiger partial charge in [-0.3, -0.25) is 4.79 Å². The van der Waals surface area contributed by atoms with Gasteiger partial charge in [0.15, 0.2) is 5.16 Å². The number of alkyl halides is 3. The minimum atomic E-state index is -4.42. The summed E-state index contributed by atoms with van der Waals surface area (Å²) in [6.45, 7) is 0.269. The van der Waals surface area contributed by atoms with E-state index in [1.165, 1.54) is 23.1 Å². The second-order valence-corrected chi connectivity index (χ2v) is 9.25. The zero-order valence-electron chi connectivity index (χ0n) is 15.5. The van der Waals surface area contributed by atoms with Gasteiger partial charge in [-0.15, -0.1) is 21.5 Å². The maximum atomic E-state index is 12.3. The number of nitrogens with zero attached hydrogens (tertiary/aromatic N) is 3. The molecule has 5 nitrogen and oxygen atoms in total. The monoisotopic (exact) mass is 432 g/mol. The second-order valence-electron chi connectivity index (χ2n) is 6.91. The van der Waals surface area contributed by atoms with Crippen LogP contribution in [0.15, 0.2) is 22.7 Å². The van der Waals surface area contributed by atoms with E-state index in [0.29, 0.717) is 11.6 Å². The van der Waals surface area contributed by atoms with E-state index in [1.807, 2.05) is 22.8 Å². The summed E-state index contributed by atoms with van der Waals surface area (Å²) in [5.41, 5.74) is 0. The lowest BCUT2D eigenvalue weighted by molar-refractivity contribution is -0.137. The summed E-state index contributed by atoms with van der Waals surface area (Å²) < 4.78 is 39.2. The third-order valence-corrected chi connectivity index (χ3v) is 6.64. The molecule has 0 aromatic carbocycles. The van der Waals surface area contributed by atoms with Gasteiger partial charge in [0, 0.05) is 17.3 Å². The quantitative estimate of drug-likeness (QED) is 0.650. The zero-order chi connectivity index (χ0) is 20.1. The van der Waals surface area contributed by atoms with E-state index in [2.05, 4.69) is 14.8 Å². The molecule has 1 aliphatic rings. The fraction of sp³-hybridized carbons (Fsp3) is 0.611. The highest BCUT2D eigenvalue weighted by molar-refractivity contribution is 8.00. The van der Waals surface area contributed by atoms with Crippen LogP contribution in [0.3, 0.4) is 0 Å². The van der Waals surface area contributed by atoms with Crippen LogP contribution in [0.2, 0.25) is 0 Å². The molecule has 1 unspecified atom stereocenters. The van der Waals surface area contributed by atoms with Crippen LogP contribution in [0.1, 0.15) is 55.8 Å². The van der Waals surface area contributed by atoms with Crippen molar-refractivity contribution in [1.82, 2.24) is 20.1 Å². The molecule has 0 saturated heterocycles. The summed E-state index contributed by atoms with van der Waals surface area (Å²) in [4.78, 5) is 13.2. The van der Waals surface area contributed by atoms with E-state index < -0.39 is 23.9 Å². The molecular formula is C18H23F3N4OS2. The number of aromatic nitrogens is 3. The van der Waals surface area contributed by atoms with Crippen LogP contribution >= 0.6 is 23.1 Å². The summed E-state index contributed by atoms with van der Waals surface area (Å²) in [7, 11) is 0. The summed E-state index contributed by atoms with van der Waals surface area (Å²) in [6, 6.07) is 4.31. The van der Waals surface area contributed by atoms with E-state index in [4.69, 9.17) is 0 Å². The van der Waals surface area contributed by atoms with Crippen LogP contribution in [-0.2, 0) is 11.2 Å². The molecule has 1 atom stereocenters. The Kier molecular flexibility index (Phi) is 7.03. The number of nitrogens with one attached hydrogen (secondary N) is 1. The number of hydrogen-bond donors (Lipinski definition) is 1. The van der Waals surface area contributed by atoms with Crippen LogP contribution < -0.4 is 5.32 Å². The van der Waals surface area contributed by atoms with Gasteiger partial charge in [0.05, 0.1) is 5.25 Å².